The number of unbranched alkanes of at least 4 members (excludes halogenated alkanes) is 4. The molecule has 58 heavy (non-hydrogen) atoms. The number of amides is 2. The summed E-state index contributed by atoms with van der Waals surface area (Å²) in [6, 6.07) is 22.6. The average Bonchev–Trinajstić information content (AvgIpc) is 3.63. The molecule has 0 saturated carbocycles. The molecule has 1 aliphatic rings. The lowest BCUT2D eigenvalue weighted by molar-refractivity contribution is -0.139. The van der Waals surface area contributed by atoms with Crippen LogP contribution in [-0.4, -0.2) is 98.3 Å². The van der Waals surface area contributed by atoms with E-state index in [9.17, 15) is 19.5 Å². The number of hydrogen-bond donors (Lipinski definition) is 6. The van der Waals surface area contributed by atoms with E-state index in [2.05, 4.69) is 5.32 Å². The van der Waals surface area contributed by atoms with Crippen molar-refractivity contribution in [1.82, 2.24) is 10.2 Å². The lowest BCUT2D eigenvalue weighted by Gasteiger charge is -2.38. The number of β-amino-alcohol motifs (C(OH)–C–C–N with tert-alkyl or cyclic N) is 1. The molecule has 0 bridgehead atoms. The van der Waals surface area contributed by atoms with Crippen LogP contribution >= 0.6 is 0 Å². The third-order valence-corrected chi connectivity index (χ3v) is 11.1. The number of hydrogen-bond acceptors (Lipinski definition) is 11. The van der Waals surface area contributed by atoms with E-state index < -0.39 is 41.8 Å². The highest BCUT2D eigenvalue weighted by atomic mass is 16.5. The van der Waals surface area contributed by atoms with Crippen molar-refractivity contribution in [2.45, 2.75) is 113 Å². The third kappa shape index (κ3) is 12.8. The Labute approximate surface area is 344 Å². The Balaban J connectivity index is 1.58. The largest absolute Gasteiger partial charge is 0.497 e. The minimum atomic E-state index is -1.13. The van der Waals surface area contributed by atoms with Crippen LogP contribution in [0.5, 0.6) is 11.5 Å². The van der Waals surface area contributed by atoms with Gasteiger partial charge in [0.25, 0.3) is 0 Å². The van der Waals surface area contributed by atoms with Gasteiger partial charge in [-0.2, -0.15) is 0 Å². The Bertz CT molecular complexity index is 1630. The molecule has 10 N–H and O–H groups in total. The number of methoxy groups -OCH3 is 2. The summed E-state index contributed by atoms with van der Waals surface area (Å²) < 4.78 is 18.1. The van der Waals surface area contributed by atoms with Crippen LogP contribution in [-0.2, 0) is 24.7 Å². The molecule has 0 spiro atoms. The fraction of sp³-hybridized carbons (Fsp3) is 0.533. The molecule has 1 saturated heterocycles. The summed E-state index contributed by atoms with van der Waals surface area (Å²) in [6.45, 7) is 1.23. The number of ketones is 1. The predicted molar refractivity (Wildman–Crippen MR) is 226 cm³/mol. The van der Waals surface area contributed by atoms with E-state index in [0.717, 1.165) is 36.0 Å². The van der Waals surface area contributed by atoms with E-state index in [1.165, 1.54) is 0 Å². The Morgan fingerprint density at radius 3 is 1.83 bits per heavy atom. The number of Topliss-reactive ketones (excluding diaryl/α,β-unsaturated/α-hetero) is 1. The van der Waals surface area contributed by atoms with Crippen LogP contribution in [0.3, 0.4) is 0 Å². The van der Waals surface area contributed by atoms with E-state index in [-0.39, 0.29) is 31.3 Å². The molecule has 13 nitrogen and oxygen atoms in total. The quantitative estimate of drug-likeness (QED) is 0.0505. The van der Waals surface area contributed by atoms with Crippen molar-refractivity contribution in [3.05, 3.63) is 95.6 Å². The maximum absolute atomic E-state index is 14.6. The molecule has 2 amide bonds. The van der Waals surface area contributed by atoms with Gasteiger partial charge in [0.1, 0.15) is 28.9 Å². The average molecular weight is 803 g/mol. The minimum Gasteiger partial charge on any atom is -0.497 e. The van der Waals surface area contributed by atoms with Gasteiger partial charge in [-0.3, -0.25) is 14.4 Å². The molecule has 4 rings (SSSR count). The number of likely N-dealkylation sites (tertiary alicyclic amines) is 1. The molecule has 1 aliphatic heterocycles. The van der Waals surface area contributed by atoms with Crippen LogP contribution in [0.15, 0.2) is 78.9 Å². The molecule has 1 heterocycles. The number of aliphatic hydroxyl groups is 1. The second kappa shape index (κ2) is 23.9. The fourth-order valence-electron chi connectivity index (χ4n) is 7.67. The molecule has 318 valence electrons. The van der Waals surface area contributed by atoms with Gasteiger partial charge in [-0.15, -0.1) is 0 Å². The van der Waals surface area contributed by atoms with Gasteiger partial charge >= 0.3 is 0 Å². The van der Waals surface area contributed by atoms with Gasteiger partial charge in [0.05, 0.1) is 45.1 Å². The number of ether oxygens (including phenoxy) is 3. The van der Waals surface area contributed by atoms with E-state index in [1.54, 1.807) is 19.1 Å². The summed E-state index contributed by atoms with van der Waals surface area (Å²) in [5.41, 5.74) is 25.0. The molecule has 1 fully saturated rings. The number of carbonyl (C=O) groups is 3. The van der Waals surface area contributed by atoms with Gasteiger partial charge in [-0.25, -0.2) is 0 Å². The number of aliphatic hydroxyl groups excluding tert-OH is 1. The number of benzene rings is 3. The molecule has 0 aliphatic carbocycles. The van der Waals surface area contributed by atoms with Crippen molar-refractivity contribution < 1.29 is 33.7 Å². The number of nitrogens with one attached hydrogen (secondary N) is 1. The molecule has 5 atom stereocenters. The number of rotatable bonds is 26. The lowest BCUT2D eigenvalue weighted by atomic mass is 9.80. The summed E-state index contributed by atoms with van der Waals surface area (Å²) in [7, 11) is 3.23. The first kappa shape index (κ1) is 46.3. The first-order chi connectivity index (χ1) is 28.1. The van der Waals surface area contributed by atoms with E-state index in [4.69, 9.17) is 37.1 Å². The van der Waals surface area contributed by atoms with Crippen molar-refractivity contribution in [2.75, 3.05) is 40.5 Å². The molecule has 0 radical (unpaired) electrons. The summed E-state index contributed by atoms with van der Waals surface area (Å²) in [5, 5.41) is 14.0. The minimum absolute atomic E-state index is 0.0196. The molecular formula is C45H66N6O7. The fourth-order valence-corrected chi connectivity index (χ4v) is 7.67. The van der Waals surface area contributed by atoms with Crippen molar-refractivity contribution in [3.8, 4) is 11.5 Å². The highest BCUT2D eigenvalue weighted by Gasteiger charge is 2.43. The van der Waals surface area contributed by atoms with Crippen LogP contribution in [0.4, 0.5) is 0 Å². The van der Waals surface area contributed by atoms with Gasteiger partial charge in [-0.1, -0.05) is 80.3 Å². The number of nitrogens with zero attached hydrogens (tertiary/aromatic N) is 1. The Morgan fingerprint density at radius 2 is 1.28 bits per heavy atom. The SMILES string of the molecule is COc1ccc(C(OC[C@@H]2C[C@@H](O)CN2C(=O)[C@H](CCCCCC(=O)[C@@H](N)CCCCN)NC(=O)[C@H](N)CCCCN)(c2ccccc2)c2ccc(OC)cc2)cc1. The van der Waals surface area contributed by atoms with Gasteiger partial charge in [0.15, 0.2) is 0 Å². The van der Waals surface area contributed by atoms with E-state index in [0.29, 0.717) is 76.0 Å². The third-order valence-electron chi connectivity index (χ3n) is 11.1. The van der Waals surface area contributed by atoms with Gasteiger partial charge < -0.3 is 52.5 Å². The highest BCUT2D eigenvalue weighted by molar-refractivity contribution is 5.90. The number of nitrogens with two attached hydrogens (primary N) is 4. The Morgan fingerprint density at radius 1 is 0.741 bits per heavy atom. The first-order valence-corrected chi connectivity index (χ1v) is 20.8. The van der Waals surface area contributed by atoms with Crippen molar-refractivity contribution in [1.29, 1.82) is 0 Å². The van der Waals surface area contributed by atoms with Gasteiger partial charge in [0, 0.05) is 13.0 Å². The van der Waals surface area contributed by atoms with Crippen molar-refractivity contribution in [2.24, 2.45) is 22.9 Å². The Kier molecular flexibility index (Phi) is 19.1. The maximum atomic E-state index is 14.6. The summed E-state index contributed by atoms with van der Waals surface area (Å²) in [5.74, 6) is 0.674. The number of carbonyl (C=O) groups excluding carboxylic acids is 3. The monoisotopic (exact) mass is 802 g/mol. The lowest BCUT2D eigenvalue weighted by Crippen LogP contribution is -2.54. The first-order valence-electron chi connectivity index (χ1n) is 20.8. The molecule has 13 heteroatoms. The zero-order valence-electron chi connectivity index (χ0n) is 34.4. The molecular weight excluding hydrogens is 737 g/mol. The van der Waals surface area contributed by atoms with Crippen LogP contribution in [0.1, 0.15) is 93.7 Å². The van der Waals surface area contributed by atoms with Crippen LogP contribution in [0.2, 0.25) is 0 Å². The highest BCUT2D eigenvalue weighted by Crippen LogP contribution is 2.42. The van der Waals surface area contributed by atoms with E-state index >= 15 is 0 Å². The Hall–Kier alpha value is -4.37. The summed E-state index contributed by atoms with van der Waals surface area (Å²) in [4.78, 5) is 42.2. The van der Waals surface area contributed by atoms with E-state index in [1.807, 2.05) is 78.9 Å². The standard InChI is InChI=1S/C45H66N6O7/c1-56-37-23-19-33(20-24-37)45(32-13-5-3-6-14-32,34-21-25-38(57-2)26-22-34)58-31-35-29-36(52)30-51(35)44(55)41(50-43(54)40(49)16-10-12-28-47)17-7-4-8-18-42(53)39(48)15-9-11-27-46/h3,5-6,13-14,19-26,35-36,39-41,52H,4,7-12,15-18,27-31,46-49H2,1-2H3,(H,50,54)/t35-,36+,39-,40+,41-/m0/s1. The van der Waals surface area contributed by atoms with Gasteiger partial charge in [0.2, 0.25) is 11.8 Å². The van der Waals surface area contributed by atoms with Crippen molar-refractivity contribution >= 4 is 17.6 Å². The molecule has 0 unspecified atom stereocenters. The van der Waals surface area contributed by atoms with Crippen molar-refractivity contribution in [3.63, 3.8) is 0 Å². The topological polar surface area (TPSA) is 218 Å². The molecule has 3 aromatic carbocycles. The second-order valence-corrected chi connectivity index (χ2v) is 15.3. The zero-order chi connectivity index (χ0) is 41.9. The normalized spacial score (nSPS) is 17.1. The van der Waals surface area contributed by atoms with Crippen LogP contribution in [0.25, 0.3) is 0 Å². The zero-order valence-corrected chi connectivity index (χ0v) is 34.4. The smallest absolute Gasteiger partial charge is 0.245 e. The summed E-state index contributed by atoms with van der Waals surface area (Å²) >= 11 is 0. The summed E-state index contributed by atoms with van der Waals surface area (Å²) in [6.07, 6.45) is 6.18. The molecule has 0 aromatic heterocycles. The second-order valence-electron chi connectivity index (χ2n) is 15.3. The molecule has 3 aromatic rings. The van der Waals surface area contributed by atoms with Crippen LogP contribution in [0, 0.1) is 0 Å². The van der Waals surface area contributed by atoms with Crippen LogP contribution < -0.4 is 37.7 Å². The predicted octanol–water partition coefficient (Wildman–Crippen LogP) is 3.89. The van der Waals surface area contributed by atoms with Gasteiger partial charge in [-0.05, 0) is 99.0 Å². The maximum Gasteiger partial charge on any atom is 0.245 e.